The van der Waals surface area contributed by atoms with Crippen LogP contribution in [0.4, 0.5) is 5.69 Å². The van der Waals surface area contributed by atoms with Crippen molar-refractivity contribution in [2.24, 2.45) is 5.92 Å². The Hall–Kier alpha value is -3.22. The van der Waals surface area contributed by atoms with Crippen molar-refractivity contribution in [2.45, 2.75) is 18.6 Å². The van der Waals surface area contributed by atoms with Gasteiger partial charge in [-0.2, -0.15) is 0 Å². The molecular weight excluding hydrogens is 402 g/mol. The second-order valence-corrected chi connectivity index (χ2v) is 8.31. The maximum Gasteiger partial charge on any atom is 0.162 e. The zero-order chi connectivity index (χ0) is 22.1. The first kappa shape index (κ1) is 20.7. The summed E-state index contributed by atoms with van der Waals surface area (Å²) in [6, 6.07) is 23.5. The lowest BCUT2D eigenvalue weighted by molar-refractivity contribution is 0.350. The quantitative estimate of drug-likeness (QED) is 0.609. The summed E-state index contributed by atoms with van der Waals surface area (Å²) in [6.07, 6.45) is 0. The third-order valence-corrected chi connectivity index (χ3v) is 6.58. The van der Waals surface area contributed by atoms with Crippen molar-refractivity contribution in [3.8, 4) is 17.2 Å². The van der Waals surface area contributed by atoms with Crippen LogP contribution in [0.25, 0.3) is 0 Å². The van der Waals surface area contributed by atoms with Crippen LogP contribution in [0.3, 0.4) is 0 Å². The Morgan fingerprint density at radius 2 is 1.50 bits per heavy atom. The summed E-state index contributed by atoms with van der Waals surface area (Å²) in [5, 5.41) is 0. The van der Waals surface area contributed by atoms with Gasteiger partial charge in [-0.1, -0.05) is 42.5 Å². The van der Waals surface area contributed by atoms with Crippen LogP contribution in [-0.2, 0) is 6.54 Å². The molecule has 2 aliphatic rings. The number of hydrogen-bond acceptors (Lipinski definition) is 6. The van der Waals surface area contributed by atoms with Gasteiger partial charge in [0.15, 0.2) is 11.5 Å². The van der Waals surface area contributed by atoms with Gasteiger partial charge in [-0.15, -0.1) is 0 Å². The monoisotopic (exact) mass is 431 g/mol. The topological polar surface area (TPSA) is 55.0 Å². The summed E-state index contributed by atoms with van der Waals surface area (Å²) in [6.45, 7) is 1.75. The van der Waals surface area contributed by atoms with Gasteiger partial charge >= 0.3 is 0 Å². The minimum absolute atomic E-state index is 0.170. The number of rotatable bonds is 6. The van der Waals surface area contributed by atoms with Gasteiger partial charge in [-0.05, 0) is 34.9 Å². The molecule has 166 valence electrons. The molecule has 0 spiro atoms. The molecule has 0 aromatic heterocycles. The fraction of sp³-hybridized carbons (Fsp3) is 0.308. The lowest BCUT2D eigenvalue weighted by Crippen LogP contribution is -2.39. The predicted octanol–water partition coefficient (Wildman–Crippen LogP) is 4.24. The number of hydrogen-bond donors (Lipinski definition) is 2. The second-order valence-electron chi connectivity index (χ2n) is 8.31. The zero-order valence-corrected chi connectivity index (χ0v) is 18.7. The SMILES string of the molecule is COc1ccc(C2NNC3c4cc(OC)c(OC)cc4N(Cc4ccccc4)CC23)cc1. The molecule has 3 atom stereocenters. The first-order chi connectivity index (χ1) is 15.7. The highest BCUT2D eigenvalue weighted by Gasteiger charge is 2.43. The molecule has 2 N–H and O–H groups in total. The molecule has 1 saturated heterocycles. The van der Waals surface area contributed by atoms with E-state index in [9.17, 15) is 0 Å². The van der Waals surface area contributed by atoms with Gasteiger partial charge < -0.3 is 19.1 Å². The van der Waals surface area contributed by atoms with E-state index >= 15 is 0 Å². The van der Waals surface area contributed by atoms with E-state index in [1.807, 2.05) is 12.1 Å². The zero-order valence-electron chi connectivity index (χ0n) is 18.7. The molecule has 2 aliphatic heterocycles. The predicted molar refractivity (Wildman–Crippen MR) is 125 cm³/mol. The number of ether oxygens (including phenoxy) is 3. The molecule has 0 saturated carbocycles. The van der Waals surface area contributed by atoms with Crippen LogP contribution in [-0.4, -0.2) is 27.9 Å². The van der Waals surface area contributed by atoms with Gasteiger partial charge in [0.1, 0.15) is 5.75 Å². The Bertz CT molecular complexity index is 1070. The van der Waals surface area contributed by atoms with Gasteiger partial charge in [0.25, 0.3) is 0 Å². The molecule has 3 unspecified atom stereocenters. The number of hydrazine groups is 1. The number of anilines is 1. The Labute approximate surface area is 189 Å². The van der Waals surface area contributed by atoms with E-state index < -0.39 is 0 Å². The highest BCUT2D eigenvalue weighted by atomic mass is 16.5. The number of methoxy groups -OCH3 is 3. The minimum atomic E-state index is 0.170. The molecule has 0 amide bonds. The van der Waals surface area contributed by atoms with Gasteiger partial charge in [0, 0.05) is 30.8 Å². The molecule has 32 heavy (non-hydrogen) atoms. The van der Waals surface area contributed by atoms with E-state index in [-0.39, 0.29) is 12.1 Å². The average molecular weight is 432 g/mol. The van der Waals surface area contributed by atoms with Crippen LogP contribution in [0, 0.1) is 5.92 Å². The third kappa shape index (κ3) is 3.66. The largest absolute Gasteiger partial charge is 0.497 e. The third-order valence-electron chi connectivity index (χ3n) is 6.58. The van der Waals surface area contributed by atoms with Crippen LogP contribution in [0.1, 0.15) is 28.8 Å². The van der Waals surface area contributed by atoms with Crippen molar-refractivity contribution in [3.63, 3.8) is 0 Å². The van der Waals surface area contributed by atoms with E-state index in [0.717, 1.165) is 30.3 Å². The maximum atomic E-state index is 5.64. The van der Waals surface area contributed by atoms with Crippen LogP contribution in [0.5, 0.6) is 17.2 Å². The van der Waals surface area contributed by atoms with Crippen molar-refractivity contribution in [2.75, 3.05) is 32.8 Å². The maximum absolute atomic E-state index is 5.64. The van der Waals surface area contributed by atoms with Crippen molar-refractivity contribution in [3.05, 3.63) is 83.4 Å². The summed E-state index contributed by atoms with van der Waals surface area (Å²) in [4.78, 5) is 2.46. The number of nitrogens with zero attached hydrogens (tertiary/aromatic N) is 1. The lowest BCUT2D eigenvalue weighted by Gasteiger charge is -2.39. The van der Waals surface area contributed by atoms with Crippen LogP contribution in [0.15, 0.2) is 66.7 Å². The molecule has 1 fully saturated rings. The van der Waals surface area contributed by atoms with Gasteiger partial charge in [-0.3, -0.25) is 0 Å². The van der Waals surface area contributed by atoms with Crippen molar-refractivity contribution in [1.82, 2.24) is 10.9 Å². The van der Waals surface area contributed by atoms with E-state index in [0.29, 0.717) is 5.92 Å². The van der Waals surface area contributed by atoms with E-state index in [4.69, 9.17) is 14.2 Å². The first-order valence-corrected chi connectivity index (χ1v) is 10.9. The van der Waals surface area contributed by atoms with Gasteiger partial charge in [0.05, 0.1) is 33.4 Å². The second kappa shape index (κ2) is 8.73. The van der Waals surface area contributed by atoms with E-state index in [1.165, 1.54) is 22.4 Å². The minimum Gasteiger partial charge on any atom is -0.497 e. The summed E-state index contributed by atoms with van der Waals surface area (Å²) in [5.41, 5.74) is 12.0. The van der Waals surface area contributed by atoms with Crippen molar-refractivity contribution >= 4 is 5.69 Å². The Kier molecular flexibility index (Phi) is 5.64. The van der Waals surface area contributed by atoms with Crippen LogP contribution >= 0.6 is 0 Å². The van der Waals surface area contributed by atoms with Gasteiger partial charge in [0.2, 0.25) is 0 Å². The molecule has 6 nitrogen and oxygen atoms in total. The molecule has 3 aromatic carbocycles. The van der Waals surface area contributed by atoms with Crippen molar-refractivity contribution in [1.29, 1.82) is 0 Å². The molecule has 2 heterocycles. The molecule has 3 aromatic rings. The molecule has 0 radical (unpaired) electrons. The molecule has 5 rings (SSSR count). The fourth-order valence-electron chi connectivity index (χ4n) is 4.96. The van der Waals surface area contributed by atoms with Gasteiger partial charge in [-0.25, -0.2) is 10.9 Å². The summed E-state index contributed by atoms with van der Waals surface area (Å²) in [7, 11) is 5.07. The fourth-order valence-corrected chi connectivity index (χ4v) is 4.96. The van der Waals surface area contributed by atoms with E-state index in [2.05, 4.69) is 70.3 Å². The van der Waals surface area contributed by atoms with Crippen molar-refractivity contribution < 1.29 is 14.2 Å². The number of benzene rings is 3. The molecule has 0 bridgehead atoms. The Balaban J connectivity index is 1.54. The average Bonchev–Trinajstić information content (AvgIpc) is 3.28. The number of fused-ring (bicyclic) bond motifs is 3. The van der Waals surface area contributed by atoms with Crippen LogP contribution < -0.4 is 30.0 Å². The summed E-state index contributed by atoms with van der Waals surface area (Å²) >= 11 is 0. The highest BCUT2D eigenvalue weighted by Crippen LogP contribution is 2.48. The van der Waals surface area contributed by atoms with Crippen LogP contribution in [0.2, 0.25) is 0 Å². The Morgan fingerprint density at radius 3 is 2.19 bits per heavy atom. The normalized spacial score (nSPS) is 21.6. The number of nitrogens with one attached hydrogen (secondary N) is 2. The smallest absolute Gasteiger partial charge is 0.162 e. The lowest BCUT2D eigenvalue weighted by atomic mass is 9.81. The molecular formula is C26H29N3O3. The summed E-state index contributed by atoms with van der Waals surface area (Å²) < 4.78 is 16.6. The standard InChI is InChI=1S/C26H29N3O3/c1-30-19-11-9-18(10-12-19)25-21-16-29(15-17-7-5-4-6-8-17)22-14-24(32-3)23(31-2)13-20(22)26(21)28-27-25/h4-14,21,25-28H,15-16H2,1-3H3. The molecule has 0 aliphatic carbocycles. The highest BCUT2D eigenvalue weighted by molar-refractivity contribution is 5.65. The Morgan fingerprint density at radius 1 is 0.812 bits per heavy atom. The molecule has 6 heteroatoms. The first-order valence-electron chi connectivity index (χ1n) is 10.9. The van der Waals surface area contributed by atoms with E-state index in [1.54, 1.807) is 21.3 Å². The summed E-state index contributed by atoms with van der Waals surface area (Å²) in [5.74, 6) is 2.71.